The molecule has 23 heavy (non-hydrogen) atoms. The summed E-state index contributed by atoms with van der Waals surface area (Å²) in [5, 5.41) is 7.55. The van der Waals surface area contributed by atoms with Crippen molar-refractivity contribution in [3.8, 4) is 0 Å². The molecular weight excluding hydrogens is 346 g/mol. The highest BCUT2D eigenvalue weighted by Crippen LogP contribution is 2.26. The maximum atomic E-state index is 11.4. The molecule has 11 heteroatoms. The third-order valence-corrected chi connectivity index (χ3v) is 5.24. The summed E-state index contributed by atoms with van der Waals surface area (Å²) in [5.74, 6) is 0. The summed E-state index contributed by atoms with van der Waals surface area (Å²) in [4.78, 5) is -2.46. The van der Waals surface area contributed by atoms with Gasteiger partial charge in [0.05, 0.1) is 10.6 Å². The number of hydrogen-bond donors (Lipinski definition) is 3. The minimum Gasteiger partial charge on any atom is -0.305 e. The quantitative estimate of drug-likeness (QED) is 0.535. The van der Waals surface area contributed by atoms with E-state index in [1.165, 1.54) is 30.4 Å². The molecule has 1 aromatic carbocycles. The number of nitrogens with two attached hydrogens (primary N) is 1. The van der Waals surface area contributed by atoms with Crippen LogP contribution in [0.15, 0.2) is 63.7 Å². The van der Waals surface area contributed by atoms with E-state index in [0.717, 1.165) is 18.2 Å². The maximum Gasteiger partial charge on any atom is 0.294 e. The third kappa shape index (κ3) is 3.71. The van der Waals surface area contributed by atoms with Crippen molar-refractivity contribution in [3.05, 3.63) is 48.6 Å². The molecule has 0 bridgehead atoms. The van der Waals surface area contributed by atoms with Gasteiger partial charge in [0.2, 0.25) is 0 Å². The van der Waals surface area contributed by atoms with Gasteiger partial charge in [-0.3, -0.25) is 9.11 Å². The number of hydrogen-bond acceptors (Lipinski definition) is 7. The summed E-state index contributed by atoms with van der Waals surface area (Å²) < 4.78 is 62.8. The molecule has 2 unspecified atom stereocenters. The fourth-order valence-electron chi connectivity index (χ4n) is 1.81. The Hall–Kier alpha value is -1.92. The van der Waals surface area contributed by atoms with Crippen molar-refractivity contribution >= 4 is 25.9 Å². The van der Waals surface area contributed by atoms with Crippen LogP contribution in [0.1, 0.15) is 0 Å². The van der Waals surface area contributed by atoms with Crippen LogP contribution < -0.4 is 5.73 Å². The van der Waals surface area contributed by atoms with Crippen molar-refractivity contribution in [1.82, 2.24) is 0 Å². The Morgan fingerprint density at radius 3 is 2.17 bits per heavy atom. The molecule has 2 atom stereocenters. The first kappa shape index (κ1) is 17.4. The smallest absolute Gasteiger partial charge is 0.294 e. The van der Waals surface area contributed by atoms with Gasteiger partial charge in [-0.1, -0.05) is 18.2 Å². The Morgan fingerprint density at radius 2 is 1.65 bits per heavy atom. The molecule has 0 aliphatic heterocycles. The predicted octanol–water partition coefficient (Wildman–Crippen LogP) is 1.05. The van der Waals surface area contributed by atoms with E-state index in [1.54, 1.807) is 0 Å². The minimum atomic E-state index is -4.63. The van der Waals surface area contributed by atoms with Crippen molar-refractivity contribution in [2.75, 3.05) is 0 Å². The lowest BCUT2D eigenvalue weighted by atomic mass is 10.0. The standard InChI is InChI=1S/C12H13N3O6S2/c13-12(23(19,20)21)8-2-1-3-11(12)15-14-9-4-6-10(7-5-9)22(16,17)18/h1-8,11H,13H2,(H,16,17,18)(H,19,20,21). The molecule has 0 fully saturated rings. The first-order valence-electron chi connectivity index (χ1n) is 6.14. The van der Waals surface area contributed by atoms with Crippen LogP contribution in [0.4, 0.5) is 5.69 Å². The summed E-state index contributed by atoms with van der Waals surface area (Å²) in [6, 6.07) is 3.59. The van der Waals surface area contributed by atoms with Crippen LogP contribution in [-0.2, 0) is 20.2 Å². The molecule has 0 saturated heterocycles. The van der Waals surface area contributed by atoms with Gasteiger partial charge in [0.25, 0.3) is 20.2 Å². The number of nitrogens with zero attached hydrogens (tertiary/aromatic N) is 2. The van der Waals surface area contributed by atoms with Gasteiger partial charge in [-0.25, -0.2) is 0 Å². The van der Waals surface area contributed by atoms with Gasteiger partial charge in [-0.2, -0.15) is 27.1 Å². The average molecular weight is 359 g/mol. The summed E-state index contributed by atoms with van der Waals surface area (Å²) in [5.41, 5.74) is 5.89. The van der Waals surface area contributed by atoms with Gasteiger partial charge in [0.15, 0.2) is 4.87 Å². The Kier molecular flexibility index (Phi) is 4.50. The largest absolute Gasteiger partial charge is 0.305 e. The van der Waals surface area contributed by atoms with Crippen molar-refractivity contribution < 1.29 is 25.9 Å². The highest BCUT2D eigenvalue weighted by Gasteiger charge is 2.44. The van der Waals surface area contributed by atoms with Crippen molar-refractivity contribution in [2.45, 2.75) is 15.8 Å². The van der Waals surface area contributed by atoms with Crippen LogP contribution in [0, 0.1) is 0 Å². The molecule has 0 spiro atoms. The lowest BCUT2D eigenvalue weighted by Gasteiger charge is -2.27. The van der Waals surface area contributed by atoms with Crippen molar-refractivity contribution in [1.29, 1.82) is 0 Å². The summed E-state index contributed by atoms with van der Waals surface area (Å²) in [7, 11) is -8.95. The molecule has 0 amide bonds. The molecule has 1 aromatic rings. The summed E-state index contributed by atoms with van der Waals surface area (Å²) in [6.45, 7) is 0. The second-order valence-corrected chi connectivity index (χ2v) is 7.78. The monoisotopic (exact) mass is 359 g/mol. The molecule has 2 rings (SSSR count). The van der Waals surface area contributed by atoms with Crippen LogP contribution in [-0.4, -0.2) is 36.9 Å². The molecule has 0 saturated carbocycles. The first-order valence-corrected chi connectivity index (χ1v) is 9.02. The van der Waals surface area contributed by atoms with Crippen LogP contribution >= 0.6 is 0 Å². The first-order chi connectivity index (χ1) is 10.5. The second-order valence-electron chi connectivity index (χ2n) is 4.70. The zero-order chi connectivity index (χ0) is 17.3. The zero-order valence-corrected chi connectivity index (χ0v) is 13.1. The molecular formula is C12H13N3O6S2. The predicted molar refractivity (Wildman–Crippen MR) is 81.3 cm³/mol. The van der Waals surface area contributed by atoms with E-state index in [4.69, 9.17) is 10.3 Å². The Bertz CT molecular complexity index is 887. The van der Waals surface area contributed by atoms with Crippen LogP contribution in [0.2, 0.25) is 0 Å². The van der Waals surface area contributed by atoms with E-state index >= 15 is 0 Å². The molecule has 1 aliphatic carbocycles. The SMILES string of the molecule is NC1(S(=O)(=O)O)C=CC=CC1N=Nc1ccc(S(=O)(=O)O)cc1. The maximum absolute atomic E-state index is 11.4. The van der Waals surface area contributed by atoms with E-state index < -0.39 is 31.1 Å². The fourth-order valence-corrected chi connectivity index (χ4v) is 2.97. The molecule has 0 radical (unpaired) electrons. The van der Waals surface area contributed by atoms with Crippen LogP contribution in [0.5, 0.6) is 0 Å². The number of azo groups is 1. The van der Waals surface area contributed by atoms with E-state index in [9.17, 15) is 21.4 Å². The van der Waals surface area contributed by atoms with Crippen molar-refractivity contribution in [2.24, 2.45) is 16.0 Å². The van der Waals surface area contributed by atoms with E-state index in [0.29, 0.717) is 0 Å². The van der Waals surface area contributed by atoms with E-state index in [1.807, 2.05) is 0 Å². The molecule has 0 aromatic heterocycles. The highest BCUT2D eigenvalue weighted by molar-refractivity contribution is 7.87. The normalized spacial score (nSPS) is 25.1. The van der Waals surface area contributed by atoms with Crippen molar-refractivity contribution in [3.63, 3.8) is 0 Å². The minimum absolute atomic E-state index is 0.207. The fraction of sp³-hybridized carbons (Fsp3) is 0.167. The molecule has 9 nitrogen and oxygen atoms in total. The van der Waals surface area contributed by atoms with E-state index in [2.05, 4.69) is 10.2 Å². The topological polar surface area (TPSA) is 159 Å². The molecule has 1 aliphatic rings. The Balaban J connectivity index is 2.29. The van der Waals surface area contributed by atoms with Gasteiger partial charge in [0.1, 0.15) is 6.04 Å². The lowest BCUT2D eigenvalue weighted by molar-refractivity contribution is 0.433. The number of benzene rings is 1. The van der Waals surface area contributed by atoms with E-state index in [-0.39, 0.29) is 10.6 Å². The third-order valence-electron chi connectivity index (χ3n) is 3.10. The molecule has 124 valence electrons. The van der Waals surface area contributed by atoms with Gasteiger partial charge in [0, 0.05) is 0 Å². The Morgan fingerprint density at radius 1 is 1.04 bits per heavy atom. The average Bonchev–Trinajstić information content (AvgIpc) is 2.45. The van der Waals surface area contributed by atoms with Gasteiger partial charge >= 0.3 is 0 Å². The number of rotatable bonds is 4. The number of allylic oxidation sites excluding steroid dienone is 2. The Labute approximate surface area is 132 Å². The lowest BCUT2D eigenvalue weighted by Crippen LogP contribution is -2.54. The zero-order valence-electron chi connectivity index (χ0n) is 11.5. The highest BCUT2D eigenvalue weighted by atomic mass is 32.2. The second kappa shape index (κ2) is 5.94. The van der Waals surface area contributed by atoms with Gasteiger partial charge < -0.3 is 5.73 Å². The molecule has 0 heterocycles. The summed E-state index contributed by atoms with van der Waals surface area (Å²) >= 11 is 0. The van der Waals surface area contributed by atoms with Gasteiger partial charge in [-0.15, -0.1) is 0 Å². The molecule has 4 N–H and O–H groups in total. The van der Waals surface area contributed by atoms with Crippen LogP contribution in [0.3, 0.4) is 0 Å². The van der Waals surface area contributed by atoms with Gasteiger partial charge in [-0.05, 0) is 30.3 Å². The summed E-state index contributed by atoms with van der Waals surface area (Å²) in [6.07, 6.45) is 5.30. The van der Waals surface area contributed by atoms with Crippen LogP contribution in [0.25, 0.3) is 0 Å².